The van der Waals surface area contributed by atoms with Crippen molar-refractivity contribution < 1.29 is 14.7 Å². The molecule has 4 N–H and O–H groups in total. The molecule has 7 heteroatoms. The number of aliphatic hydroxyl groups excluding tert-OH is 1. The first kappa shape index (κ1) is 19.4. The zero-order valence-corrected chi connectivity index (χ0v) is 15.9. The summed E-state index contributed by atoms with van der Waals surface area (Å²) in [7, 11) is 0. The van der Waals surface area contributed by atoms with Crippen LogP contribution in [0.1, 0.15) is 50.0 Å². The average molecular weight is 372 g/mol. The van der Waals surface area contributed by atoms with Crippen LogP contribution in [0.4, 0.5) is 0 Å². The summed E-state index contributed by atoms with van der Waals surface area (Å²) >= 11 is 0. The normalized spacial score (nSPS) is 21.3. The number of aliphatic hydroxyl groups is 1. The second-order valence-electron chi connectivity index (χ2n) is 7.83. The maximum absolute atomic E-state index is 12.8. The van der Waals surface area contributed by atoms with E-state index in [0.29, 0.717) is 18.2 Å². The second-order valence-corrected chi connectivity index (χ2v) is 7.83. The van der Waals surface area contributed by atoms with Crippen LogP contribution < -0.4 is 11.1 Å². The molecule has 1 aromatic carbocycles. The van der Waals surface area contributed by atoms with Gasteiger partial charge in [0.15, 0.2) is 5.69 Å². The molecule has 0 unspecified atom stereocenters. The average Bonchev–Trinajstić information content (AvgIpc) is 2.98. The van der Waals surface area contributed by atoms with E-state index in [9.17, 15) is 14.7 Å². The number of carbonyl (C=O) groups excluding carboxylic acids is 2. The van der Waals surface area contributed by atoms with Crippen LogP contribution in [0.3, 0.4) is 0 Å². The van der Waals surface area contributed by atoms with E-state index in [0.717, 1.165) is 36.6 Å². The van der Waals surface area contributed by atoms with E-state index in [1.807, 2.05) is 42.8 Å². The van der Waals surface area contributed by atoms with Gasteiger partial charge in [0.05, 0.1) is 11.6 Å². The van der Waals surface area contributed by atoms with E-state index in [1.54, 1.807) is 0 Å². The molecule has 1 aromatic heterocycles. The van der Waals surface area contributed by atoms with Crippen LogP contribution in [-0.2, 0) is 11.3 Å². The third-order valence-corrected chi connectivity index (χ3v) is 5.32. The molecule has 1 saturated carbocycles. The Morgan fingerprint density at radius 3 is 2.74 bits per heavy atom. The van der Waals surface area contributed by atoms with Crippen LogP contribution in [0, 0.1) is 11.8 Å². The summed E-state index contributed by atoms with van der Waals surface area (Å²) in [6.07, 6.45) is 3.41. The molecular weight excluding hydrogens is 344 g/mol. The molecule has 0 radical (unpaired) electrons. The van der Waals surface area contributed by atoms with Gasteiger partial charge in [-0.25, -0.2) is 0 Å². The van der Waals surface area contributed by atoms with Crippen LogP contribution in [0.25, 0.3) is 10.9 Å². The summed E-state index contributed by atoms with van der Waals surface area (Å²) in [6.45, 7) is 4.33. The fourth-order valence-corrected chi connectivity index (χ4v) is 3.88. The van der Waals surface area contributed by atoms with Crippen LogP contribution >= 0.6 is 0 Å². The Hall–Kier alpha value is -2.41. The quantitative estimate of drug-likeness (QED) is 0.718. The number of hydrogen-bond donors (Lipinski definition) is 3. The van der Waals surface area contributed by atoms with Crippen LogP contribution in [0.2, 0.25) is 0 Å². The number of primary amides is 1. The highest BCUT2D eigenvalue weighted by molar-refractivity contribution is 6.06. The van der Waals surface area contributed by atoms with Gasteiger partial charge < -0.3 is 16.2 Å². The van der Waals surface area contributed by atoms with E-state index in [1.165, 1.54) is 0 Å². The van der Waals surface area contributed by atoms with Crippen LogP contribution in [-0.4, -0.2) is 38.8 Å². The fraction of sp³-hybridized carbons (Fsp3) is 0.550. The molecule has 146 valence electrons. The molecule has 2 aromatic rings. The molecule has 7 nitrogen and oxygen atoms in total. The number of fused-ring (bicyclic) bond motifs is 1. The molecule has 2 amide bonds. The van der Waals surface area contributed by atoms with Gasteiger partial charge in [-0.05, 0) is 37.2 Å². The minimum Gasteiger partial charge on any atom is -0.393 e. The Bertz CT molecular complexity index is 830. The van der Waals surface area contributed by atoms with Crippen molar-refractivity contribution in [2.24, 2.45) is 17.6 Å². The van der Waals surface area contributed by atoms with Gasteiger partial charge in [-0.2, -0.15) is 5.10 Å². The summed E-state index contributed by atoms with van der Waals surface area (Å²) in [6, 6.07) is 6.83. The maximum Gasteiger partial charge on any atom is 0.273 e. The maximum atomic E-state index is 12.8. The molecular formula is C20H28N4O3. The van der Waals surface area contributed by atoms with E-state index >= 15 is 0 Å². The summed E-state index contributed by atoms with van der Waals surface area (Å²) in [4.78, 5) is 24.4. The van der Waals surface area contributed by atoms with Crippen molar-refractivity contribution in [3.63, 3.8) is 0 Å². The Morgan fingerprint density at radius 1 is 1.33 bits per heavy atom. The zero-order chi connectivity index (χ0) is 19.6. The fourth-order valence-electron chi connectivity index (χ4n) is 3.88. The number of aromatic nitrogens is 2. The Balaban J connectivity index is 1.87. The number of hydrogen-bond acceptors (Lipinski definition) is 4. The van der Waals surface area contributed by atoms with Crippen molar-refractivity contribution in [3.05, 3.63) is 30.0 Å². The molecule has 0 aliphatic heterocycles. The van der Waals surface area contributed by atoms with Gasteiger partial charge in [0.25, 0.3) is 5.91 Å². The summed E-state index contributed by atoms with van der Waals surface area (Å²) in [5.41, 5.74) is 6.59. The smallest absolute Gasteiger partial charge is 0.273 e. The number of amides is 2. The molecule has 0 bridgehead atoms. The Labute approximate surface area is 158 Å². The lowest BCUT2D eigenvalue weighted by atomic mass is 9.87. The summed E-state index contributed by atoms with van der Waals surface area (Å²) in [5, 5.41) is 17.9. The van der Waals surface area contributed by atoms with Crippen molar-refractivity contribution in [3.8, 4) is 0 Å². The monoisotopic (exact) mass is 372 g/mol. The first-order chi connectivity index (χ1) is 12.9. The van der Waals surface area contributed by atoms with Gasteiger partial charge in [0.1, 0.15) is 6.04 Å². The van der Waals surface area contributed by atoms with Gasteiger partial charge in [0, 0.05) is 11.9 Å². The van der Waals surface area contributed by atoms with Crippen molar-refractivity contribution >= 4 is 22.7 Å². The predicted molar refractivity (Wildman–Crippen MR) is 103 cm³/mol. The highest BCUT2D eigenvalue weighted by Gasteiger charge is 2.26. The lowest BCUT2D eigenvalue weighted by molar-refractivity contribution is -0.120. The molecule has 3 rings (SSSR count). The van der Waals surface area contributed by atoms with Gasteiger partial charge in [0.2, 0.25) is 5.91 Å². The number of nitrogens with zero attached hydrogens (tertiary/aromatic N) is 2. The van der Waals surface area contributed by atoms with Crippen LogP contribution in [0.5, 0.6) is 0 Å². The molecule has 3 atom stereocenters. The predicted octanol–water partition coefficient (Wildman–Crippen LogP) is 1.83. The van der Waals surface area contributed by atoms with E-state index < -0.39 is 17.9 Å². The number of carbonyl (C=O) groups is 2. The topological polar surface area (TPSA) is 110 Å². The Morgan fingerprint density at radius 2 is 2.07 bits per heavy atom. The highest BCUT2D eigenvalue weighted by Crippen LogP contribution is 2.27. The van der Waals surface area contributed by atoms with Gasteiger partial charge in [-0.1, -0.05) is 38.5 Å². The van der Waals surface area contributed by atoms with Crippen molar-refractivity contribution in [1.82, 2.24) is 15.1 Å². The molecule has 1 aliphatic carbocycles. The highest BCUT2D eigenvalue weighted by atomic mass is 16.3. The van der Waals surface area contributed by atoms with E-state index in [4.69, 9.17) is 5.73 Å². The second kappa shape index (κ2) is 8.08. The largest absolute Gasteiger partial charge is 0.393 e. The summed E-state index contributed by atoms with van der Waals surface area (Å²) < 4.78 is 1.85. The molecule has 0 saturated heterocycles. The van der Waals surface area contributed by atoms with E-state index in [-0.39, 0.29) is 12.0 Å². The van der Waals surface area contributed by atoms with Crippen molar-refractivity contribution in [2.75, 3.05) is 0 Å². The number of benzene rings is 1. The first-order valence-corrected chi connectivity index (χ1v) is 9.60. The third kappa shape index (κ3) is 4.30. The standard InChI is InChI=1S/C20H28N4O3/c1-12(2)17(19(21)26)22-20(27)18-15-8-3-4-9-16(15)24(23-18)11-13-6-5-7-14(25)10-13/h3-4,8-9,12-14,17,25H,5-7,10-11H2,1-2H3,(H2,21,26)(H,22,27)/t13-,14-,17-/m0/s1. The number of nitrogens with two attached hydrogens (primary N) is 1. The lowest BCUT2D eigenvalue weighted by Crippen LogP contribution is -2.47. The van der Waals surface area contributed by atoms with Crippen molar-refractivity contribution in [2.45, 2.75) is 58.2 Å². The number of para-hydroxylation sites is 1. The Kier molecular flexibility index (Phi) is 5.79. The van der Waals surface area contributed by atoms with Gasteiger partial charge in [-0.15, -0.1) is 0 Å². The molecule has 0 spiro atoms. The third-order valence-electron chi connectivity index (χ3n) is 5.32. The number of nitrogens with one attached hydrogen (secondary N) is 1. The van der Waals surface area contributed by atoms with Gasteiger partial charge in [-0.3, -0.25) is 14.3 Å². The van der Waals surface area contributed by atoms with E-state index in [2.05, 4.69) is 10.4 Å². The molecule has 1 aliphatic rings. The van der Waals surface area contributed by atoms with Crippen molar-refractivity contribution in [1.29, 1.82) is 0 Å². The molecule has 1 fully saturated rings. The molecule has 27 heavy (non-hydrogen) atoms. The zero-order valence-electron chi connectivity index (χ0n) is 15.9. The van der Waals surface area contributed by atoms with Crippen LogP contribution in [0.15, 0.2) is 24.3 Å². The first-order valence-electron chi connectivity index (χ1n) is 9.60. The van der Waals surface area contributed by atoms with Gasteiger partial charge >= 0.3 is 0 Å². The lowest BCUT2D eigenvalue weighted by Gasteiger charge is -2.25. The SMILES string of the molecule is CC(C)[C@H](NC(=O)c1nn(C[C@H]2CCC[C@H](O)C2)c2ccccc12)C(N)=O. The summed E-state index contributed by atoms with van der Waals surface area (Å²) in [5.74, 6) is -0.727. The minimum absolute atomic E-state index is 0.108. The minimum atomic E-state index is -0.741. The number of rotatable bonds is 6. The molecule has 1 heterocycles.